The minimum atomic E-state index is -3.08. The third-order valence-electron chi connectivity index (χ3n) is 4.12. The van der Waals surface area contributed by atoms with E-state index in [0.717, 1.165) is 11.1 Å². The molecule has 22 heavy (non-hydrogen) atoms. The molecule has 0 N–H and O–H groups in total. The van der Waals surface area contributed by atoms with Crippen molar-refractivity contribution in [2.75, 3.05) is 38.5 Å². The first-order valence-electron chi connectivity index (χ1n) is 7.72. The number of hydrogen-bond donors (Lipinski definition) is 0. The lowest BCUT2D eigenvalue weighted by Gasteiger charge is -2.33. The summed E-state index contributed by atoms with van der Waals surface area (Å²) in [7, 11) is -3.08. The Bertz CT molecular complexity index is 603. The van der Waals surface area contributed by atoms with Gasteiger partial charge in [-0.3, -0.25) is 4.79 Å². The van der Waals surface area contributed by atoms with Crippen LogP contribution in [0.25, 0.3) is 0 Å². The molecule has 5 nitrogen and oxygen atoms in total. The molecule has 0 radical (unpaired) electrons. The first kappa shape index (κ1) is 17.1. The van der Waals surface area contributed by atoms with Crippen molar-refractivity contribution in [3.05, 3.63) is 35.4 Å². The molecule has 6 heteroatoms. The van der Waals surface area contributed by atoms with Crippen LogP contribution in [0, 0.1) is 6.92 Å². The van der Waals surface area contributed by atoms with Crippen molar-refractivity contribution in [1.82, 2.24) is 9.21 Å². The van der Waals surface area contributed by atoms with E-state index in [2.05, 4.69) is 4.90 Å². The molecule has 0 atom stereocenters. The predicted molar refractivity (Wildman–Crippen MR) is 87.6 cm³/mol. The number of sulfonamides is 1. The van der Waals surface area contributed by atoms with Gasteiger partial charge in [0.1, 0.15) is 0 Å². The average molecular weight is 324 g/mol. The van der Waals surface area contributed by atoms with Crippen molar-refractivity contribution in [1.29, 1.82) is 0 Å². The van der Waals surface area contributed by atoms with Gasteiger partial charge in [-0.25, -0.2) is 8.42 Å². The molecule has 0 spiro atoms. The number of ketones is 1. The normalized spacial score (nSPS) is 17.5. The van der Waals surface area contributed by atoms with Crippen LogP contribution in [0.15, 0.2) is 24.3 Å². The van der Waals surface area contributed by atoms with Gasteiger partial charge in [-0.15, -0.1) is 0 Å². The minimum Gasteiger partial charge on any atom is -0.300 e. The third kappa shape index (κ3) is 4.38. The highest BCUT2D eigenvalue weighted by atomic mass is 32.2. The predicted octanol–water partition coefficient (Wildman–Crippen LogP) is 1.54. The van der Waals surface area contributed by atoms with E-state index in [1.165, 1.54) is 0 Å². The number of benzene rings is 1. The van der Waals surface area contributed by atoms with E-state index in [-0.39, 0.29) is 11.5 Å². The summed E-state index contributed by atoms with van der Waals surface area (Å²) in [4.78, 5) is 14.3. The van der Waals surface area contributed by atoms with Crippen molar-refractivity contribution in [2.45, 2.75) is 20.3 Å². The molecule has 0 unspecified atom stereocenters. The van der Waals surface area contributed by atoms with Gasteiger partial charge in [0, 0.05) is 44.7 Å². The van der Waals surface area contributed by atoms with Crippen LogP contribution in [0.5, 0.6) is 0 Å². The average Bonchev–Trinajstić information content (AvgIpc) is 2.53. The number of piperazine rings is 1. The zero-order valence-electron chi connectivity index (χ0n) is 13.3. The second kappa shape index (κ2) is 7.35. The molecule has 0 aromatic heterocycles. The van der Waals surface area contributed by atoms with Crippen LogP contribution in [-0.2, 0) is 10.0 Å². The number of Topliss-reactive ketones (excluding diaryl/α,β-unsaturated/α-hetero) is 1. The van der Waals surface area contributed by atoms with Crippen molar-refractivity contribution in [3.8, 4) is 0 Å². The molecule has 1 aromatic carbocycles. The summed E-state index contributed by atoms with van der Waals surface area (Å²) >= 11 is 0. The molecule has 0 saturated carbocycles. The number of nitrogens with zero attached hydrogens (tertiary/aromatic N) is 2. The molecule has 2 rings (SSSR count). The summed E-state index contributed by atoms with van der Waals surface area (Å²) < 4.78 is 25.1. The van der Waals surface area contributed by atoms with Gasteiger partial charge >= 0.3 is 0 Å². The highest BCUT2D eigenvalue weighted by Crippen LogP contribution is 2.10. The summed E-state index contributed by atoms with van der Waals surface area (Å²) in [5.41, 5.74) is 1.89. The smallest absolute Gasteiger partial charge is 0.213 e. The highest BCUT2D eigenvalue weighted by Gasteiger charge is 2.25. The minimum absolute atomic E-state index is 0.142. The zero-order chi connectivity index (χ0) is 16.2. The first-order valence-corrected chi connectivity index (χ1v) is 9.33. The van der Waals surface area contributed by atoms with Crippen molar-refractivity contribution < 1.29 is 13.2 Å². The molecule has 1 aliphatic heterocycles. The number of carbonyl (C=O) groups excluding carboxylic acids is 1. The fourth-order valence-electron chi connectivity index (χ4n) is 2.56. The molecule has 0 aliphatic carbocycles. The van der Waals surface area contributed by atoms with Crippen LogP contribution in [0.2, 0.25) is 0 Å². The maximum absolute atomic E-state index is 12.1. The molecular formula is C16H24N2O3S. The topological polar surface area (TPSA) is 57.7 Å². The SMILES string of the molecule is CCS(=O)(=O)N1CCN(CCC(=O)c2ccc(C)cc2)CC1. The fourth-order valence-corrected chi connectivity index (χ4v) is 3.64. The zero-order valence-corrected chi connectivity index (χ0v) is 14.1. The largest absolute Gasteiger partial charge is 0.300 e. The van der Waals surface area contributed by atoms with Gasteiger partial charge in [0.15, 0.2) is 5.78 Å². The molecular weight excluding hydrogens is 300 g/mol. The molecule has 1 aliphatic rings. The standard InChI is InChI=1S/C16H24N2O3S/c1-3-22(20,21)18-12-10-17(11-13-18)9-8-16(19)15-6-4-14(2)5-7-15/h4-7H,3,8-13H2,1-2H3. The van der Waals surface area contributed by atoms with Gasteiger partial charge in [-0.2, -0.15) is 4.31 Å². The van der Waals surface area contributed by atoms with Crippen LogP contribution >= 0.6 is 0 Å². The lowest BCUT2D eigenvalue weighted by Crippen LogP contribution is -2.49. The van der Waals surface area contributed by atoms with E-state index in [9.17, 15) is 13.2 Å². The first-order chi connectivity index (χ1) is 10.4. The van der Waals surface area contributed by atoms with Gasteiger partial charge in [-0.05, 0) is 13.8 Å². The number of rotatable bonds is 6. The highest BCUT2D eigenvalue weighted by molar-refractivity contribution is 7.89. The summed E-state index contributed by atoms with van der Waals surface area (Å²) in [6, 6.07) is 7.62. The van der Waals surface area contributed by atoms with Crippen LogP contribution in [0.4, 0.5) is 0 Å². The molecule has 1 heterocycles. The van der Waals surface area contributed by atoms with E-state index < -0.39 is 10.0 Å². The van der Waals surface area contributed by atoms with E-state index in [1.54, 1.807) is 11.2 Å². The second-order valence-electron chi connectivity index (χ2n) is 5.68. The van der Waals surface area contributed by atoms with Gasteiger partial charge in [-0.1, -0.05) is 29.8 Å². The van der Waals surface area contributed by atoms with Crippen molar-refractivity contribution >= 4 is 15.8 Å². The Kier molecular flexibility index (Phi) is 5.72. The lowest BCUT2D eigenvalue weighted by molar-refractivity contribution is 0.0952. The maximum atomic E-state index is 12.1. The monoisotopic (exact) mass is 324 g/mol. The Morgan fingerprint density at radius 3 is 2.23 bits per heavy atom. The van der Waals surface area contributed by atoms with E-state index in [4.69, 9.17) is 0 Å². The lowest BCUT2D eigenvalue weighted by atomic mass is 10.1. The van der Waals surface area contributed by atoms with Crippen molar-refractivity contribution in [3.63, 3.8) is 0 Å². The quantitative estimate of drug-likeness (QED) is 0.745. The summed E-state index contributed by atoms with van der Waals surface area (Å²) in [6.07, 6.45) is 0.476. The molecule has 1 aromatic rings. The Labute approximate surface area is 133 Å². The van der Waals surface area contributed by atoms with Crippen LogP contribution in [-0.4, -0.2) is 61.9 Å². The van der Waals surface area contributed by atoms with Gasteiger partial charge in [0.05, 0.1) is 5.75 Å². The van der Waals surface area contributed by atoms with Crippen LogP contribution in [0.3, 0.4) is 0 Å². The van der Waals surface area contributed by atoms with Gasteiger partial charge in [0.2, 0.25) is 10.0 Å². The van der Waals surface area contributed by atoms with Gasteiger partial charge < -0.3 is 4.90 Å². The Balaban J connectivity index is 1.79. The van der Waals surface area contributed by atoms with Crippen LogP contribution < -0.4 is 0 Å². The summed E-state index contributed by atoms with van der Waals surface area (Å²) in [5.74, 6) is 0.294. The summed E-state index contributed by atoms with van der Waals surface area (Å²) in [6.45, 7) is 6.79. The van der Waals surface area contributed by atoms with E-state index in [1.807, 2.05) is 31.2 Å². The Morgan fingerprint density at radius 2 is 1.68 bits per heavy atom. The Morgan fingerprint density at radius 1 is 1.09 bits per heavy atom. The van der Waals surface area contributed by atoms with E-state index >= 15 is 0 Å². The third-order valence-corrected chi connectivity index (χ3v) is 6.00. The molecule has 1 saturated heterocycles. The molecule has 0 bridgehead atoms. The van der Waals surface area contributed by atoms with Gasteiger partial charge in [0.25, 0.3) is 0 Å². The number of hydrogen-bond acceptors (Lipinski definition) is 4. The maximum Gasteiger partial charge on any atom is 0.213 e. The Hall–Kier alpha value is -1.24. The molecule has 1 fully saturated rings. The number of aryl methyl sites for hydroxylation is 1. The van der Waals surface area contributed by atoms with Crippen LogP contribution in [0.1, 0.15) is 29.3 Å². The van der Waals surface area contributed by atoms with Crippen molar-refractivity contribution in [2.24, 2.45) is 0 Å². The summed E-state index contributed by atoms with van der Waals surface area (Å²) in [5, 5.41) is 0. The fraction of sp³-hybridized carbons (Fsp3) is 0.562. The van der Waals surface area contributed by atoms with E-state index in [0.29, 0.717) is 39.1 Å². The molecule has 122 valence electrons. The molecule has 0 amide bonds. The second-order valence-corrected chi connectivity index (χ2v) is 7.94. The number of carbonyl (C=O) groups is 1.